The van der Waals surface area contributed by atoms with Gasteiger partial charge in [0.25, 0.3) is 0 Å². The van der Waals surface area contributed by atoms with Crippen molar-refractivity contribution >= 4 is 17.9 Å². The molecule has 0 spiro atoms. The molecule has 296 valence electrons. The number of rotatable bonds is 39. The lowest BCUT2D eigenvalue weighted by Crippen LogP contribution is -2.30. The van der Waals surface area contributed by atoms with E-state index in [2.05, 4.69) is 27.7 Å². The monoisotopic (exact) mass is 709 g/mol. The third-order valence-electron chi connectivity index (χ3n) is 9.79. The Morgan fingerprint density at radius 3 is 0.980 bits per heavy atom. The number of hydrogen-bond acceptors (Lipinski definition) is 6. The van der Waals surface area contributed by atoms with Gasteiger partial charge in [0.05, 0.1) is 0 Å². The molecule has 0 N–H and O–H groups in total. The predicted octanol–water partition coefficient (Wildman–Crippen LogP) is 13.6. The van der Waals surface area contributed by atoms with Crippen LogP contribution in [0.15, 0.2) is 0 Å². The molecule has 6 heteroatoms. The van der Waals surface area contributed by atoms with Gasteiger partial charge in [-0.3, -0.25) is 14.4 Å². The van der Waals surface area contributed by atoms with E-state index in [1.54, 1.807) is 0 Å². The van der Waals surface area contributed by atoms with Crippen LogP contribution in [-0.2, 0) is 28.6 Å². The zero-order chi connectivity index (χ0) is 36.8. The van der Waals surface area contributed by atoms with Gasteiger partial charge in [0.2, 0.25) is 0 Å². The Bertz CT molecular complexity index is 751. The molecule has 0 amide bonds. The summed E-state index contributed by atoms with van der Waals surface area (Å²) in [4.78, 5) is 37.5. The first-order valence-electron chi connectivity index (χ1n) is 21.9. The second kappa shape index (κ2) is 38.6. The summed E-state index contributed by atoms with van der Waals surface area (Å²) in [6.45, 7) is 8.90. The van der Waals surface area contributed by atoms with Crippen molar-refractivity contribution < 1.29 is 28.6 Å². The van der Waals surface area contributed by atoms with Crippen molar-refractivity contribution in [2.75, 3.05) is 13.2 Å². The molecule has 0 radical (unpaired) electrons. The zero-order valence-electron chi connectivity index (χ0n) is 33.9. The van der Waals surface area contributed by atoms with Gasteiger partial charge in [0, 0.05) is 19.3 Å². The lowest BCUT2D eigenvalue weighted by atomic mass is 10.0. The molecule has 0 heterocycles. The van der Waals surface area contributed by atoms with Crippen LogP contribution in [0, 0.1) is 5.92 Å². The van der Waals surface area contributed by atoms with Crippen molar-refractivity contribution in [1.82, 2.24) is 0 Å². The third-order valence-corrected chi connectivity index (χ3v) is 9.79. The summed E-state index contributed by atoms with van der Waals surface area (Å²) in [5.41, 5.74) is 0. The number of carbonyl (C=O) groups is 3. The molecule has 0 aromatic heterocycles. The second-order valence-corrected chi connectivity index (χ2v) is 15.5. The maximum absolute atomic E-state index is 12.6. The first-order valence-corrected chi connectivity index (χ1v) is 21.9. The van der Waals surface area contributed by atoms with Crippen LogP contribution < -0.4 is 0 Å². The average Bonchev–Trinajstić information content (AvgIpc) is 3.09. The second-order valence-electron chi connectivity index (χ2n) is 15.5. The van der Waals surface area contributed by atoms with E-state index in [1.807, 2.05) is 0 Å². The molecule has 0 aromatic rings. The predicted molar refractivity (Wildman–Crippen MR) is 210 cm³/mol. The van der Waals surface area contributed by atoms with Crippen LogP contribution >= 0.6 is 0 Å². The normalized spacial score (nSPS) is 11.9. The maximum atomic E-state index is 12.6. The fraction of sp³-hybridized carbons (Fsp3) is 0.932. The van der Waals surface area contributed by atoms with E-state index in [1.165, 1.54) is 135 Å². The van der Waals surface area contributed by atoms with Crippen molar-refractivity contribution in [3.05, 3.63) is 0 Å². The van der Waals surface area contributed by atoms with Crippen LogP contribution in [0.5, 0.6) is 0 Å². The lowest BCUT2D eigenvalue weighted by Gasteiger charge is -2.18. The SMILES string of the molecule is CCCCCCCCCCCCCCCCC(=O)OC[C@H](COC(=O)CCCCCCCCCCC)OC(=O)CCCCCCCCC(C)C. The van der Waals surface area contributed by atoms with E-state index in [-0.39, 0.29) is 31.1 Å². The van der Waals surface area contributed by atoms with Gasteiger partial charge in [0.15, 0.2) is 6.10 Å². The first-order chi connectivity index (χ1) is 24.4. The van der Waals surface area contributed by atoms with Crippen LogP contribution in [0.1, 0.15) is 240 Å². The Morgan fingerprint density at radius 1 is 0.380 bits per heavy atom. The summed E-state index contributed by atoms with van der Waals surface area (Å²) in [6, 6.07) is 0. The fourth-order valence-corrected chi connectivity index (χ4v) is 6.45. The van der Waals surface area contributed by atoms with Gasteiger partial charge < -0.3 is 14.2 Å². The van der Waals surface area contributed by atoms with Crippen molar-refractivity contribution in [3.8, 4) is 0 Å². The molecule has 50 heavy (non-hydrogen) atoms. The summed E-state index contributed by atoms with van der Waals surface area (Å²) >= 11 is 0. The summed E-state index contributed by atoms with van der Waals surface area (Å²) in [6.07, 6.45) is 36.7. The van der Waals surface area contributed by atoms with Crippen molar-refractivity contribution in [3.63, 3.8) is 0 Å². The van der Waals surface area contributed by atoms with Gasteiger partial charge in [-0.05, 0) is 25.2 Å². The molecule has 0 aliphatic heterocycles. The number of ether oxygens (including phenoxy) is 3. The highest BCUT2D eigenvalue weighted by molar-refractivity contribution is 5.71. The molecule has 0 bridgehead atoms. The van der Waals surface area contributed by atoms with Crippen LogP contribution in [-0.4, -0.2) is 37.2 Å². The number of esters is 3. The van der Waals surface area contributed by atoms with E-state index in [9.17, 15) is 14.4 Å². The smallest absolute Gasteiger partial charge is 0.306 e. The van der Waals surface area contributed by atoms with E-state index in [0.717, 1.165) is 63.7 Å². The van der Waals surface area contributed by atoms with Gasteiger partial charge in [-0.2, -0.15) is 0 Å². The van der Waals surface area contributed by atoms with Gasteiger partial charge >= 0.3 is 17.9 Å². The summed E-state index contributed by atoms with van der Waals surface area (Å²) in [5.74, 6) is -0.105. The molecule has 0 aliphatic carbocycles. The van der Waals surface area contributed by atoms with Crippen LogP contribution in [0.4, 0.5) is 0 Å². The molecule has 0 saturated carbocycles. The Balaban J connectivity index is 4.28. The lowest BCUT2D eigenvalue weighted by molar-refractivity contribution is -0.167. The molecule has 0 aromatic carbocycles. The topological polar surface area (TPSA) is 78.9 Å². The van der Waals surface area contributed by atoms with Gasteiger partial charge in [-0.1, -0.05) is 201 Å². The average molecular weight is 709 g/mol. The molecule has 0 aliphatic rings. The Hall–Kier alpha value is -1.59. The van der Waals surface area contributed by atoms with E-state index < -0.39 is 6.10 Å². The van der Waals surface area contributed by atoms with Crippen molar-refractivity contribution in [1.29, 1.82) is 0 Å². The molecule has 6 nitrogen and oxygen atoms in total. The summed E-state index contributed by atoms with van der Waals surface area (Å²) in [7, 11) is 0. The molecular formula is C44H84O6. The molecule has 0 unspecified atom stereocenters. The molecule has 0 fully saturated rings. The largest absolute Gasteiger partial charge is 0.462 e. The number of carbonyl (C=O) groups excluding carboxylic acids is 3. The number of hydrogen-bond donors (Lipinski definition) is 0. The Morgan fingerprint density at radius 2 is 0.660 bits per heavy atom. The van der Waals surface area contributed by atoms with E-state index in [0.29, 0.717) is 19.3 Å². The van der Waals surface area contributed by atoms with Crippen molar-refractivity contribution in [2.24, 2.45) is 5.92 Å². The van der Waals surface area contributed by atoms with Crippen LogP contribution in [0.3, 0.4) is 0 Å². The van der Waals surface area contributed by atoms with Crippen molar-refractivity contribution in [2.45, 2.75) is 246 Å². The quantitative estimate of drug-likeness (QED) is 0.0359. The number of unbranched alkanes of at least 4 members (excludes halogenated alkanes) is 26. The Kier molecular flexibility index (Phi) is 37.4. The minimum Gasteiger partial charge on any atom is -0.462 e. The fourth-order valence-electron chi connectivity index (χ4n) is 6.45. The molecule has 1 atom stereocenters. The van der Waals surface area contributed by atoms with E-state index in [4.69, 9.17) is 14.2 Å². The Labute approximate surface area is 310 Å². The summed E-state index contributed by atoms with van der Waals surface area (Å²) < 4.78 is 16.6. The van der Waals surface area contributed by atoms with Gasteiger partial charge in [-0.25, -0.2) is 0 Å². The zero-order valence-corrected chi connectivity index (χ0v) is 33.9. The van der Waals surface area contributed by atoms with Crippen LogP contribution in [0.2, 0.25) is 0 Å². The third kappa shape index (κ3) is 37.7. The highest BCUT2D eigenvalue weighted by atomic mass is 16.6. The minimum atomic E-state index is -0.758. The van der Waals surface area contributed by atoms with Gasteiger partial charge in [-0.15, -0.1) is 0 Å². The maximum Gasteiger partial charge on any atom is 0.306 e. The molecular weight excluding hydrogens is 624 g/mol. The standard InChI is InChI=1S/C44H84O6/c1-5-7-9-11-13-15-16-17-18-19-21-23-28-32-36-43(46)49-39-41(50-44(47)37-33-29-25-24-26-30-34-40(3)4)38-48-42(45)35-31-27-22-20-14-12-10-8-6-2/h40-41H,5-39H2,1-4H3/t41-/m0/s1. The highest BCUT2D eigenvalue weighted by Crippen LogP contribution is 2.16. The molecule has 0 saturated heterocycles. The van der Waals surface area contributed by atoms with E-state index >= 15 is 0 Å². The minimum absolute atomic E-state index is 0.0651. The summed E-state index contributed by atoms with van der Waals surface area (Å²) in [5, 5.41) is 0. The first kappa shape index (κ1) is 48.4. The van der Waals surface area contributed by atoms with Crippen LogP contribution in [0.25, 0.3) is 0 Å². The highest BCUT2D eigenvalue weighted by Gasteiger charge is 2.19. The van der Waals surface area contributed by atoms with Gasteiger partial charge in [0.1, 0.15) is 13.2 Å². The molecule has 0 rings (SSSR count).